The summed E-state index contributed by atoms with van der Waals surface area (Å²) < 4.78 is 6.44. The molecule has 1 N–H and O–H groups in total. The summed E-state index contributed by atoms with van der Waals surface area (Å²) in [5.74, 6) is -1.24. The molecule has 3 rings (SSSR count). The maximum atomic E-state index is 13.2. The molecular weight excluding hydrogens is 394 g/mol. The number of nitriles is 1. The second-order valence-corrected chi connectivity index (χ2v) is 7.65. The number of aromatic nitrogens is 1. The van der Waals surface area contributed by atoms with Gasteiger partial charge >= 0.3 is 5.97 Å². The molecule has 1 atom stereocenters. The lowest BCUT2D eigenvalue weighted by Gasteiger charge is -2.21. The molecule has 0 unspecified atom stereocenters. The maximum Gasteiger partial charge on any atom is 0.333 e. The molecule has 7 nitrogen and oxygen atoms in total. The number of nitrogens with one attached hydrogen (secondary N) is 1. The van der Waals surface area contributed by atoms with Crippen LogP contribution in [0.4, 0.5) is 0 Å². The molecule has 31 heavy (non-hydrogen) atoms. The molecule has 1 aliphatic carbocycles. The number of carbonyl (C=O) groups excluding carboxylic acids is 2. The average Bonchev–Trinajstić information content (AvgIpc) is 2.77. The molecule has 1 aromatic heterocycles. The van der Waals surface area contributed by atoms with E-state index in [0.717, 1.165) is 49.8 Å². The summed E-state index contributed by atoms with van der Waals surface area (Å²) in [7, 11) is 1.25. The second kappa shape index (κ2) is 10.6. The summed E-state index contributed by atoms with van der Waals surface area (Å²) in [6.07, 6.45) is 5.89. The SMILES string of the molecule is COC(=O)[C@H](NC(=O)c1cc2c(n(CCC#N)c1=O)CCCCCC2)c1ccccc1. The van der Waals surface area contributed by atoms with Gasteiger partial charge in [-0.3, -0.25) is 9.59 Å². The highest BCUT2D eigenvalue weighted by Gasteiger charge is 2.27. The molecule has 0 saturated carbocycles. The number of hydrogen-bond acceptors (Lipinski definition) is 5. The van der Waals surface area contributed by atoms with Crippen LogP contribution in [-0.2, 0) is 28.9 Å². The number of methoxy groups -OCH3 is 1. The average molecular weight is 421 g/mol. The minimum Gasteiger partial charge on any atom is -0.467 e. The van der Waals surface area contributed by atoms with Crippen molar-refractivity contribution < 1.29 is 14.3 Å². The van der Waals surface area contributed by atoms with Crippen molar-refractivity contribution in [1.29, 1.82) is 5.26 Å². The van der Waals surface area contributed by atoms with E-state index in [9.17, 15) is 14.4 Å². The lowest BCUT2D eigenvalue weighted by atomic mass is 9.95. The van der Waals surface area contributed by atoms with E-state index in [2.05, 4.69) is 11.4 Å². The fourth-order valence-corrected chi connectivity index (χ4v) is 4.05. The topological polar surface area (TPSA) is 101 Å². The first-order valence-corrected chi connectivity index (χ1v) is 10.6. The smallest absolute Gasteiger partial charge is 0.333 e. The van der Waals surface area contributed by atoms with Gasteiger partial charge in [0, 0.05) is 12.2 Å². The van der Waals surface area contributed by atoms with E-state index in [1.165, 1.54) is 7.11 Å². The molecule has 2 aromatic rings. The fourth-order valence-electron chi connectivity index (χ4n) is 4.05. The Morgan fingerprint density at radius 2 is 1.87 bits per heavy atom. The van der Waals surface area contributed by atoms with Crippen molar-refractivity contribution in [3.8, 4) is 6.07 Å². The Bertz CT molecular complexity index is 1040. The molecule has 1 amide bonds. The van der Waals surface area contributed by atoms with Crippen molar-refractivity contribution in [3.63, 3.8) is 0 Å². The Morgan fingerprint density at radius 1 is 1.16 bits per heavy atom. The van der Waals surface area contributed by atoms with Crippen molar-refractivity contribution in [1.82, 2.24) is 9.88 Å². The van der Waals surface area contributed by atoms with Gasteiger partial charge in [-0.05, 0) is 42.9 Å². The summed E-state index contributed by atoms with van der Waals surface area (Å²) in [6.45, 7) is 0.248. The summed E-state index contributed by atoms with van der Waals surface area (Å²) in [5, 5.41) is 11.7. The number of ether oxygens (including phenoxy) is 1. The van der Waals surface area contributed by atoms with E-state index in [1.807, 2.05) is 6.07 Å². The van der Waals surface area contributed by atoms with Gasteiger partial charge in [0.2, 0.25) is 0 Å². The molecule has 0 fully saturated rings. The number of pyridine rings is 1. The Labute approximate surface area is 181 Å². The van der Waals surface area contributed by atoms with Gasteiger partial charge in [0.25, 0.3) is 11.5 Å². The van der Waals surface area contributed by atoms with Crippen molar-refractivity contribution >= 4 is 11.9 Å². The minimum atomic E-state index is -1.02. The van der Waals surface area contributed by atoms with Gasteiger partial charge in [-0.25, -0.2) is 4.79 Å². The van der Waals surface area contributed by atoms with E-state index in [4.69, 9.17) is 10.00 Å². The van der Waals surface area contributed by atoms with Crippen LogP contribution < -0.4 is 10.9 Å². The van der Waals surface area contributed by atoms with Gasteiger partial charge in [-0.1, -0.05) is 43.2 Å². The fraction of sp³-hybridized carbons (Fsp3) is 0.417. The van der Waals surface area contributed by atoms with Crippen molar-refractivity contribution in [2.45, 2.75) is 57.5 Å². The van der Waals surface area contributed by atoms with Crippen LogP contribution in [0, 0.1) is 11.3 Å². The first kappa shape index (κ1) is 22.3. The van der Waals surface area contributed by atoms with Crippen molar-refractivity contribution in [3.05, 3.63) is 69.1 Å². The molecule has 162 valence electrons. The largest absolute Gasteiger partial charge is 0.467 e. The van der Waals surface area contributed by atoms with Crippen LogP contribution in [0.15, 0.2) is 41.2 Å². The Morgan fingerprint density at radius 3 is 2.55 bits per heavy atom. The predicted molar refractivity (Wildman–Crippen MR) is 115 cm³/mol. The molecule has 0 spiro atoms. The number of amides is 1. The van der Waals surface area contributed by atoms with E-state index in [1.54, 1.807) is 34.9 Å². The van der Waals surface area contributed by atoms with Crippen LogP contribution in [0.2, 0.25) is 0 Å². The molecule has 1 heterocycles. The van der Waals surface area contributed by atoms with E-state index in [-0.39, 0.29) is 18.5 Å². The molecule has 0 bridgehead atoms. The number of carbonyl (C=O) groups is 2. The standard InChI is InChI=1S/C24H27N3O4/c1-31-24(30)21(17-10-6-4-7-11-17)26-22(28)19-16-18-12-5-2-3-8-13-20(18)27(23(19)29)15-9-14-25/h4,6-7,10-11,16,21H,2-3,5,8-9,12-13,15H2,1H3,(H,26,28)/t21-/m1/s1. The number of benzene rings is 1. The quantitative estimate of drug-likeness (QED) is 0.723. The van der Waals surface area contributed by atoms with Gasteiger partial charge in [-0.2, -0.15) is 5.26 Å². The summed E-state index contributed by atoms with van der Waals surface area (Å²) in [5.41, 5.74) is 2.02. The summed E-state index contributed by atoms with van der Waals surface area (Å²) in [6, 6.07) is 11.5. The summed E-state index contributed by atoms with van der Waals surface area (Å²) >= 11 is 0. The normalized spacial score (nSPS) is 14.3. The van der Waals surface area contributed by atoms with Crippen molar-refractivity contribution in [2.24, 2.45) is 0 Å². The zero-order valence-corrected chi connectivity index (χ0v) is 17.7. The van der Waals surface area contributed by atoms with E-state index >= 15 is 0 Å². The van der Waals surface area contributed by atoms with Crippen LogP contribution in [0.5, 0.6) is 0 Å². The van der Waals surface area contributed by atoms with Gasteiger partial charge in [0.1, 0.15) is 5.56 Å². The highest BCUT2D eigenvalue weighted by molar-refractivity contribution is 5.97. The van der Waals surface area contributed by atoms with Crippen LogP contribution in [0.3, 0.4) is 0 Å². The first-order valence-electron chi connectivity index (χ1n) is 10.6. The van der Waals surface area contributed by atoms with Crippen molar-refractivity contribution in [2.75, 3.05) is 7.11 Å². The Hall–Kier alpha value is -3.40. The maximum absolute atomic E-state index is 13.2. The number of hydrogen-bond donors (Lipinski definition) is 1. The van der Waals surface area contributed by atoms with Crippen LogP contribution in [0.1, 0.15) is 65.3 Å². The third kappa shape index (κ3) is 5.21. The first-order chi connectivity index (χ1) is 15.1. The molecule has 1 aromatic carbocycles. The molecule has 0 saturated heterocycles. The van der Waals surface area contributed by atoms with E-state index < -0.39 is 23.5 Å². The summed E-state index contributed by atoms with van der Waals surface area (Å²) in [4.78, 5) is 38.7. The Kier molecular flexibility index (Phi) is 7.60. The predicted octanol–water partition coefficient (Wildman–Crippen LogP) is 3.07. The van der Waals surface area contributed by atoms with Crippen LogP contribution in [-0.4, -0.2) is 23.6 Å². The number of nitrogens with zero attached hydrogens (tertiary/aromatic N) is 2. The van der Waals surface area contributed by atoms with Gasteiger partial charge in [-0.15, -0.1) is 0 Å². The van der Waals surface area contributed by atoms with E-state index in [0.29, 0.717) is 5.56 Å². The Balaban J connectivity index is 2.01. The van der Waals surface area contributed by atoms with Gasteiger partial charge < -0.3 is 14.6 Å². The number of rotatable bonds is 6. The second-order valence-electron chi connectivity index (χ2n) is 7.65. The number of esters is 1. The molecule has 7 heteroatoms. The monoisotopic (exact) mass is 421 g/mol. The zero-order valence-electron chi connectivity index (χ0n) is 17.7. The lowest BCUT2D eigenvalue weighted by Crippen LogP contribution is -2.39. The lowest BCUT2D eigenvalue weighted by molar-refractivity contribution is -0.143. The van der Waals surface area contributed by atoms with Gasteiger partial charge in [0.05, 0.1) is 19.6 Å². The number of fused-ring (bicyclic) bond motifs is 1. The zero-order chi connectivity index (χ0) is 22.2. The number of aryl methyl sites for hydroxylation is 1. The molecule has 1 aliphatic rings. The molecule has 0 radical (unpaired) electrons. The van der Waals surface area contributed by atoms with Gasteiger partial charge in [0.15, 0.2) is 6.04 Å². The highest BCUT2D eigenvalue weighted by Crippen LogP contribution is 2.21. The van der Waals surface area contributed by atoms with Crippen LogP contribution in [0.25, 0.3) is 0 Å². The molecular formula is C24H27N3O4. The third-order valence-corrected chi connectivity index (χ3v) is 5.64. The minimum absolute atomic E-state index is 0.0119. The third-order valence-electron chi connectivity index (χ3n) is 5.64. The van der Waals surface area contributed by atoms with Crippen LogP contribution >= 0.6 is 0 Å². The highest BCUT2D eigenvalue weighted by atomic mass is 16.5. The molecule has 0 aliphatic heterocycles.